The molecule has 0 aliphatic rings. The fraction of sp³-hybridized carbons (Fsp3) is 0.571. The number of benzene rings is 1. The maximum atomic E-state index is 13.2. The van der Waals surface area contributed by atoms with E-state index in [1.165, 1.54) is 12.1 Å². The van der Waals surface area contributed by atoms with Gasteiger partial charge in [0.2, 0.25) is 0 Å². The summed E-state index contributed by atoms with van der Waals surface area (Å²) in [6, 6.07) is 6.17. The van der Waals surface area contributed by atoms with Gasteiger partial charge < -0.3 is 0 Å². The lowest BCUT2D eigenvalue weighted by Gasteiger charge is -2.21. The van der Waals surface area contributed by atoms with Gasteiger partial charge in [-0.3, -0.25) is 0 Å². The monoisotopic (exact) mass is 306 g/mol. The Kier molecular flexibility index (Phi) is 5.39. The van der Waals surface area contributed by atoms with Gasteiger partial charge in [0.15, 0.2) is 9.84 Å². The van der Waals surface area contributed by atoms with Crippen molar-refractivity contribution in [1.82, 2.24) is 0 Å². The molecule has 1 aromatic rings. The maximum Gasteiger partial charge on any atom is 0.155 e. The molecule has 2 nitrogen and oxygen atoms in total. The van der Waals surface area contributed by atoms with Crippen LogP contribution in [0.25, 0.3) is 0 Å². The molecule has 0 radical (unpaired) electrons. The average molecular weight is 307 g/mol. The number of rotatable bonds is 5. The fourth-order valence-corrected chi connectivity index (χ4v) is 3.24. The first-order valence-electron chi connectivity index (χ1n) is 6.21. The smallest absolute Gasteiger partial charge is 0.155 e. The molecule has 1 unspecified atom stereocenters. The number of alkyl halides is 1. The zero-order valence-corrected chi connectivity index (χ0v) is 13.1. The van der Waals surface area contributed by atoms with Crippen LogP contribution >= 0.6 is 11.6 Å². The van der Waals surface area contributed by atoms with E-state index in [0.29, 0.717) is 6.42 Å². The third kappa shape index (κ3) is 4.46. The molecule has 108 valence electrons. The Morgan fingerprint density at radius 1 is 1.32 bits per heavy atom. The molecule has 0 spiro atoms. The minimum atomic E-state index is -3.17. The predicted octanol–water partition coefficient (Wildman–Crippen LogP) is 3.75. The van der Waals surface area contributed by atoms with Gasteiger partial charge in [-0.15, -0.1) is 11.6 Å². The zero-order valence-electron chi connectivity index (χ0n) is 11.5. The summed E-state index contributed by atoms with van der Waals surface area (Å²) < 4.78 is 36.5. The molecule has 0 saturated heterocycles. The predicted molar refractivity (Wildman–Crippen MR) is 78.0 cm³/mol. The van der Waals surface area contributed by atoms with Gasteiger partial charge in [0.05, 0.1) is 10.5 Å². The molecule has 0 aromatic heterocycles. The summed E-state index contributed by atoms with van der Waals surface area (Å²) >= 11 is 5.88. The van der Waals surface area contributed by atoms with Crippen LogP contribution in [0.1, 0.15) is 38.7 Å². The highest BCUT2D eigenvalue weighted by molar-refractivity contribution is 7.92. The van der Waals surface area contributed by atoms with Gasteiger partial charge in [-0.05, 0) is 50.8 Å². The maximum absolute atomic E-state index is 13.2. The summed E-state index contributed by atoms with van der Waals surface area (Å²) in [5.41, 5.74) is 0.749. The van der Waals surface area contributed by atoms with Crippen LogP contribution in [0.4, 0.5) is 4.39 Å². The lowest BCUT2D eigenvalue weighted by molar-refractivity contribution is 0.553. The van der Waals surface area contributed by atoms with E-state index in [-0.39, 0.29) is 23.4 Å². The minimum Gasteiger partial charge on any atom is -0.228 e. The molecule has 0 amide bonds. The molecule has 0 N–H and O–H groups in total. The van der Waals surface area contributed by atoms with E-state index in [9.17, 15) is 12.8 Å². The molecule has 0 aliphatic heterocycles. The van der Waals surface area contributed by atoms with E-state index in [1.54, 1.807) is 32.9 Å². The van der Waals surface area contributed by atoms with Crippen molar-refractivity contribution in [3.63, 3.8) is 0 Å². The first-order valence-corrected chi connectivity index (χ1v) is 8.40. The molecular formula is C14H20ClFO2S. The third-order valence-corrected chi connectivity index (χ3v) is 6.19. The molecular weight excluding hydrogens is 287 g/mol. The molecule has 0 aliphatic carbocycles. The highest BCUT2D eigenvalue weighted by atomic mass is 35.5. The van der Waals surface area contributed by atoms with E-state index >= 15 is 0 Å². The summed E-state index contributed by atoms with van der Waals surface area (Å²) in [7, 11) is -3.17. The Balaban J connectivity index is 2.80. The van der Waals surface area contributed by atoms with Crippen LogP contribution in [0.5, 0.6) is 0 Å². The lowest BCUT2D eigenvalue weighted by atomic mass is 9.98. The van der Waals surface area contributed by atoms with Crippen LogP contribution in [0.3, 0.4) is 0 Å². The summed E-state index contributed by atoms with van der Waals surface area (Å²) in [6.45, 7) is 5.04. The normalized spacial score (nSPS) is 14.4. The molecule has 19 heavy (non-hydrogen) atoms. The second kappa shape index (κ2) is 6.23. The third-order valence-electron chi connectivity index (χ3n) is 3.17. The lowest BCUT2D eigenvalue weighted by Crippen LogP contribution is -2.31. The molecule has 0 heterocycles. The number of hydrogen-bond acceptors (Lipinski definition) is 2. The Labute approximate surface area is 119 Å². The Morgan fingerprint density at radius 2 is 1.95 bits per heavy atom. The summed E-state index contributed by atoms with van der Waals surface area (Å²) in [6.07, 6.45) is 0.409. The van der Waals surface area contributed by atoms with Gasteiger partial charge in [-0.1, -0.05) is 12.1 Å². The first kappa shape index (κ1) is 16.4. The van der Waals surface area contributed by atoms with Gasteiger partial charge in [0.25, 0.3) is 0 Å². The molecule has 0 bridgehead atoms. The highest BCUT2D eigenvalue weighted by Crippen LogP contribution is 2.25. The van der Waals surface area contributed by atoms with E-state index in [2.05, 4.69) is 0 Å². The molecule has 0 saturated carbocycles. The fourth-order valence-electron chi connectivity index (χ4n) is 1.70. The number of hydrogen-bond donors (Lipinski definition) is 0. The van der Waals surface area contributed by atoms with Gasteiger partial charge in [0, 0.05) is 5.88 Å². The highest BCUT2D eigenvalue weighted by Gasteiger charge is 2.29. The minimum absolute atomic E-state index is 0.0599. The molecule has 1 rings (SSSR count). The van der Waals surface area contributed by atoms with Gasteiger partial charge in [-0.25, -0.2) is 12.8 Å². The van der Waals surface area contributed by atoms with Crippen molar-refractivity contribution in [2.24, 2.45) is 0 Å². The van der Waals surface area contributed by atoms with Crippen LogP contribution in [-0.4, -0.2) is 24.8 Å². The van der Waals surface area contributed by atoms with Crippen molar-refractivity contribution in [2.45, 2.75) is 37.9 Å². The zero-order chi connectivity index (χ0) is 14.7. The number of sulfone groups is 1. The second-order valence-corrected chi connectivity index (χ2v) is 8.80. The van der Waals surface area contributed by atoms with E-state index in [0.717, 1.165) is 5.56 Å². The van der Waals surface area contributed by atoms with Crippen LogP contribution in [0.2, 0.25) is 0 Å². The first-order chi connectivity index (χ1) is 8.67. The van der Waals surface area contributed by atoms with Crippen molar-refractivity contribution in [3.8, 4) is 0 Å². The Bertz CT molecular complexity index is 520. The van der Waals surface area contributed by atoms with Crippen molar-refractivity contribution < 1.29 is 12.8 Å². The quantitative estimate of drug-likeness (QED) is 0.776. The topological polar surface area (TPSA) is 34.1 Å². The Hall–Kier alpha value is -0.610. The second-order valence-electron chi connectivity index (χ2n) is 5.63. The molecule has 0 fully saturated rings. The molecule has 1 atom stereocenters. The molecule has 5 heteroatoms. The van der Waals surface area contributed by atoms with Crippen LogP contribution in [0.15, 0.2) is 24.3 Å². The Morgan fingerprint density at radius 3 is 2.42 bits per heavy atom. The van der Waals surface area contributed by atoms with Crippen LogP contribution in [-0.2, 0) is 9.84 Å². The number of halogens is 2. The summed E-state index contributed by atoms with van der Waals surface area (Å²) in [5.74, 6) is -0.131. The average Bonchev–Trinajstić information content (AvgIpc) is 2.28. The van der Waals surface area contributed by atoms with Crippen molar-refractivity contribution >= 4 is 21.4 Å². The van der Waals surface area contributed by atoms with Gasteiger partial charge in [-0.2, -0.15) is 0 Å². The van der Waals surface area contributed by atoms with Crippen LogP contribution in [0, 0.1) is 5.82 Å². The SMILES string of the molecule is CC(C)(C)S(=O)(=O)CCC(CCl)c1cccc(F)c1. The van der Waals surface area contributed by atoms with Crippen molar-refractivity contribution in [2.75, 3.05) is 11.6 Å². The van der Waals surface area contributed by atoms with E-state index in [4.69, 9.17) is 11.6 Å². The summed E-state index contributed by atoms with van der Waals surface area (Å²) in [5, 5.41) is 0. The van der Waals surface area contributed by atoms with Gasteiger partial charge >= 0.3 is 0 Å². The van der Waals surface area contributed by atoms with Crippen molar-refractivity contribution in [3.05, 3.63) is 35.6 Å². The van der Waals surface area contributed by atoms with Gasteiger partial charge in [0.1, 0.15) is 5.82 Å². The standard InChI is InChI=1S/C14H20ClFO2S/c1-14(2,3)19(17,18)8-7-12(10-15)11-5-4-6-13(16)9-11/h4-6,9,12H,7-8,10H2,1-3H3. The van der Waals surface area contributed by atoms with E-state index < -0.39 is 14.6 Å². The van der Waals surface area contributed by atoms with Crippen LogP contribution < -0.4 is 0 Å². The summed E-state index contributed by atoms with van der Waals surface area (Å²) in [4.78, 5) is 0. The largest absolute Gasteiger partial charge is 0.228 e. The van der Waals surface area contributed by atoms with Crippen molar-refractivity contribution in [1.29, 1.82) is 0 Å². The van der Waals surface area contributed by atoms with E-state index in [1.807, 2.05) is 0 Å². The molecule has 1 aromatic carbocycles.